The summed E-state index contributed by atoms with van der Waals surface area (Å²) in [5, 5.41) is 2.73. The first-order chi connectivity index (χ1) is 8.65. The average Bonchev–Trinajstić information content (AvgIpc) is 2.37. The van der Waals surface area contributed by atoms with Gasteiger partial charge in [-0.25, -0.2) is 0 Å². The van der Waals surface area contributed by atoms with Gasteiger partial charge in [0.25, 0.3) is 0 Å². The number of alkyl halides is 1. The summed E-state index contributed by atoms with van der Waals surface area (Å²) in [7, 11) is 1.65. The lowest BCUT2D eigenvalue weighted by molar-refractivity contribution is -0.118. The topological polar surface area (TPSA) is 47.6 Å². The Morgan fingerprint density at radius 1 is 1.33 bits per heavy atom. The first kappa shape index (κ1) is 15.1. The van der Waals surface area contributed by atoms with Gasteiger partial charge in [-0.15, -0.1) is 0 Å². The number of hydrogen-bond donors (Lipinski definition) is 1. The summed E-state index contributed by atoms with van der Waals surface area (Å²) >= 11 is 2.30. The molecule has 0 saturated carbocycles. The number of carbonyl (C=O) groups is 1. The van der Waals surface area contributed by atoms with E-state index >= 15 is 0 Å². The Morgan fingerprint density at radius 3 is 2.67 bits per heavy atom. The van der Waals surface area contributed by atoms with Crippen LogP contribution in [0.2, 0.25) is 0 Å². The average molecular weight is 363 g/mol. The van der Waals surface area contributed by atoms with Crippen molar-refractivity contribution in [3.05, 3.63) is 23.8 Å². The van der Waals surface area contributed by atoms with Crippen LogP contribution in [-0.4, -0.2) is 26.2 Å². The molecule has 4 nitrogen and oxygen atoms in total. The van der Waals surface area contributed by atoms with E-state index in [0.29, 0.717) is 13.2 Å². The van der Waals surface area contributed by atoms with E-state index in [0.717, 1.165) is 22.3 Å². The molecular formula is C13H18INO3. The summed E-state index contributed by atoms with van der Waals surface area (Å²) < 4.78 is 11.8. The zero-order chi connectivity index (χ0) is 13.4. The SMILES string of the molecule is COc1cc(CI)cc(OCCCNC(C)=O)c1. The molecule has 0 heterocycles. The molecule has 0 atom stereocenters. The number of carbonyl (C=O) groups excluding carboxylic acids is 1. The van der Waals surface area contributed by atoms with Crippen molar-refractivity contribution < 1.29 is 14.3 Å². The number of hydrogen-bond acceptors (Lipinski definition) is 3. The third kappa shape index (κ3) is 5.57. The summed E-state index contributed by atoms with van der Waals surface area (Å²) in [4.78, 5) is 10.7. The first-order valence-electron chi connectivity index (χ1n) is 5.77. The minimum absolute atomic E-state index is 0.0106. The predicted octanol–water partition coefficient (Wildman–Crippen LogP) is 2.54. The third-order valence-electron chi connectivity index (χ3n) is 2.29. The van der Waals surface area contributed by atoms with Gasteiger partial charge in [-0.2, -0.15) is 0 Å². The number of ether oxygens (including phenoxy) is 2. The maximum atomic E-state index is 10.7. The molecule has 0 aliphatic rings. The highest BCUT2D eigenvalue weighted by Crippen LogP contribution is 2.24. The lowest BCUT2D eigenvalue weighted by Gasteiger charge is -2.10. The van der Waals surface area contributed by atoms with Gasteiger partial charge in [-0.1, -0.05) is 22.6 Å². The summed E-state index contributed by atoms with van der Waals surface area (Å²) in [5.74, 6) is 1.61. The molecule has 0 bridgehead atoms. The first-order valence-corrected chi connectivity index (χ1v) is 7.29. The van der Waals surface area contributed by atoms with Crippen molar-refractivity contribution >= 4 is 28.5 Å². The highest BCUT2D eigenvalue weighted by Gasteiger charge is 2.02. The Kier molecular flexibility index (Phi) is 6.85. The number of nitrogens with one attached hydrogen (secondary N) is 1. The molecule has 1 amide bonds. The molecule has 0 saturated heterocycles. The van der Waals surface area contributed by atoms with E-state index < -0.39 is 0 Å². The fraction of sp³-hybridized carbons (Fsp3) is 0.462. The molecule has 0 fully saturated rings. The van der Waals surface area contributed by atoms with E-state index in [9.17, 15) is 4.79 Å². The highest BCUT2D eigenvalue weighted by molar-refractivity contribution is 14.1. The van der Waals surface area contributed by atoms with Crippen LogP contribution in [0.4, 0.5) is 0 Å². The van der Waals surface area contributed by atoms with Crippen LogP contribution in [0.3, 0.4) is 0 Å². The van der Waals surface area contributed by atoms with Crippen LogP contribution in [0.1, 0.15) is 18.9 Å². The lowest BCUT2D eigenvalue weighted by Crippen LogP contribution is -2.22. The summed E-state index contributed by atoms with van der Waals surface area (Å²) in [6.07, 6.45) is 0.788. The van der Waals surface area contributed by atoms with Gasteiger partial charge in [0.15, 0.2) is 0 Å². The van der Waals surface area contributed by atoms with Crippen molar-refractivity contribution in [1.82, 2.24) is 5.32 Å². The summed E-state index contributed by atoms with van der Waals surface area (Å²) in [6.45, 7) is 2.72. The van der Waals surface area contributed by atoms with E-state index in [2.05, 4.69) is 27.9 Å². The van der Waals surface area contributed by atoms with E-state index in [4.69, 9.17) is 9.47 Å². The fourth-order valence-electron chi connectivity index (χ4n) is 1.44. The van der Waals surface area contributed by atoms with Gasteiger partial charge in [0, 0.05) is 24.0 Å². The largest absolute Gasteiger partial charge is 0.497 e. The van der Waals surface area contributed by atoms with Crippen molar-refractivity contribution in [2.45, 2.75) is 17.8 Å². The molecule has 0 spiro atoms. The van der Waals surface area contributed by atoms with Crippen molar-refractivity contribution in [2.24, 2.45) is 0 Å². The van der Waals surface area contributed by atoms with Gasteiger partial charge in [-0.05, 0) is 24.1 Å². The van der Waals surface area contributed by atoms with E-state index in [1.807, 2.05) is 18.2 Å². The number of halogens is 1. The normalized spacial score (nSPS) is 9.94. The number of benzene rings is 1. The number of methoxy groups -OCH3 is 1. The Bertz CT molecular complexity index is 374. The molecule has 1 aromatic rings. The fourth-order valence-corrected chi connectivity index (χ4v) is 1.88. The smallest absolute Gasteiger partial charge is 0.216 e. The Balaban J connectivity index is 2.43. The van der Waals surface area contributed by atoms with Gasteiger partial charge in [-0.3, -0.25) is 4.79 Å². The second kappa shape index (κ2) is 8.18. The zero-order valence-corrected chi connectivity index (χ0v) is 12.8. The molecule has 0 aliphatic heterocycles. The van der Waals surface area contributed by atoms with Crippen LogP contribution < -0.4 is 14.8 Å². The van der Waals surface area contributed by atoms with Crippen LogP contribution in [-0.2, 0) is 9.22 Å². The monoisotopic (exact) mass is 363 g/mol. The van der Waals surface area contributed by atoms with Gasteiger partial charge >= 0.3 is 0 Å². The van der Waals surface area contributed by atoms with E-state index in [1.54, 1.807) is 7.11 Å². The molecule has 100 valence electrons. The van der Waals surface area contributed by atoms with Crippen molar-refractivity contribution in [1.29, 1.82) is 0 Å². The Hall–Kier alpha value is -0.980. The van der Waals surface area contributed by atoms with Crippen molar-refractivity contribution in [2.75, 3.05) is 20.3 Å². The van der Waals surface area contributed by atoms with Crippen molar-refractivity contribution in [3.63, 3.8) is 0 Å². The molecule has 0 radical (unpaired) electrons. The molecular weight excluding hydrogens is 345 g/mol. The van der Waals surface area contributed by atoms with Gasteiger partial charge in [0.1, 0.15) is 11.5 Å². The quantitative estimate of drug-likeness (QED) is 0.460. The molecule has 1 N–H and O–H groups in total. The standard InChI is InChI=1S/C13H18INO3/c1-10(16)15-4-3-5-18-13-7-11(9-14)6-12(8-13)17-2/h6-8H,3-5,9H2,1-2H3,(H,15,16). The second-order valence-electron chi connectivity index (χ2n) is 3.84. The van der Waals surface area contributed by atoms with E-state index in [1.165, 1.54) is 12.5 Å². The van der Waals surface area contributed by atoms with Gasteiger partial charge < -0.3 is 14.8 Å². The molecule has 0 aromatic heterocycles. The molecule has 0 aliphatic carbocycles. The summed E-state index contributed by atoms with van der Waals surface area (Å²) in [6, 6.07) is 5.87. The maximum Gasteiger partial charge on any atom is 0.216 e. The maximum absolute atomic E-state index is 10.7. The van der Waals surface area contributed by atoms with Crippen LogP contribution in [0.25, 0.3) is 0 Å². The van der Waals surface area contributed by atoms with Crippen LogP contribution in [0.15, 0.2) is 18.2 Å². The van der Waals surface area contributed by atoms with Crippen LogP contribution in [0, 0.1) is 0 Å². The molecule has 0 unspecified atom stereocenters. The Labute approximate surface area is 121 Å². The van der Waals surface area contributed by atoms with Crippen LogP contribution >= 0.6 is 22.6 Å². The number of amides is 1. The molecule has 1 aromatic carbocycles. The third-order valence-corrected chi connectivity index (χ3v) is 3.17. The van der Waals surface area contributed by atoms with Gasteiger partial charge in [0.2, 0.25) is 5.91 Å². The number of rotatable bonds is 7. The zero-order valence-electron chi connectivity index (χ0n) is 10.7. The van der Waals surface area contributed by atoms with Gasteiger partial charge in [0.05, 0.1) is 13.7 Å². The lowest BCUT2D eigenvalue weighted by atomic mass is 10.2. The molecule has 18 heavy (non-hydrogen) atoms. The summed E-state index contributed by atoms with van der Waals surface area (Å²) in [5.41, 5.74) is 1.17. The second-order valence-corrected chi connectivity index (χ2v) is 4.60. The minimum atomic E-state index is -0.0106. The highest BCUT2D eigenvalue weighted by atomic mass is 127. The predicted molar refractivity (Wildman–Crippen MR) is 79.5 cm³/mol. The Morgan fingerprint density at radius 2 is 2.06 bits per heavy atom. The minimum Gasteiger partial charge on any atom is -0.497 e. The molecule has 5 heteroatoms. The van der Waals surface area contributed by atoms with Crippen LogP contribution in [0.5, 0.6) is 11.5 Å². The van der Waals surface area contributed by atoms with Crippen molar-refractivity contribution in [3.8, 4) is 11.5 Å². The van der Waals surface area contributed by atoms with E-state index in [-0.39, 0.29) is 5.91 Å². The molecule has 1 rings (SSSR count).